The number of allylic oxidation sites excluding steroid dienone is 2. The van der Waals surface area contributed by atoms with E-state index in [0.29, 0.717) is 5.56 Å². The van der Waals surface area contributed by atoms with Crippen molar-refractivity contribution in [2.45, 2.75) is 6.92 Å². The molecule has 8 heteroatoms. The molecular formula is C17H18N2O6. The van der Waals surface area contributed by atoms with E-state index < -0.39 is 12.0 Å². The van der Waals surface area contributed by atoms with Gasteiger partial charge in [-0.3, -0.25) is 10.1 Å². The molecule has 132 valence electrons. The molecule has 0 bridgehead atoms. The van der Waals surface area contributed by atoms with Crippen LogP contribution in [0.5, 0.6) is 17.2 Å². The van der Waals surface area contributed by atoms with Crippen molar-refractivity contribution in [2.75, 3.05) is 20.8 Å². The number of nitrogens with one attached hydrogen (secondary N) is 1. The zero-order valence-electron chi connectivity index (χ0n) is 14.0. The van der Waals surface area contributed by atoms with Gasteiger partial charge in [0.2, 0.25) is 5.75 Å². The van der Waals surface area contributed by atoms with Gasteiger partial charge in [-0.25, -0.2) is 4.79 Å². The third kappa shape index (κ3) is 5.58. The Morgan fingerprint density at radius 2 is 1.88 bits per heavy atom. The van der Waals surface area contributed by atoms with Crippen LogP contribution in [0.3, 0.4) is 0 Å². The van der Waals surface area contributed by atoms with Crippen molar-refractivity contribution in [1.82, 2.24) is 5.32 Å². The Hall–Kier alpha value is -3.47. The van der Waals surface area contributed by atoms with E-state index in [2.05, 4.69) is 4.74 Å². The van der Waals surface area contributed by atoms with Crippen LogP contribution in [0, 0.1) is 11.3 Å². The fourth-order valence-electron chi connectivity index (χ4n) is 1.76. The molecule has 0 saturated heterocycles. The number of amides is 2. The van der Waals surface area contributed by atoms with Gasteiger partial charge in [0.15, 0.2) is 11.5 Å². The molecule has 0 heterocycles. The number of rotatable bonds is 6. The van der Waals surface area contributed by atoms with Gasteiger partial charge in [0.1, 0.15) is 11.6 Å². The summed E-state index contributed by atoms with van der Waals surface area (Å²) in [6, 6.07) is 4.79. The van der Waals surface area contributed by atoms with Crippen molar-refractivity contribution < 1.29 is 28.9 Å². The van der Waals surface area contributed by atoms with E-state index in [1.54, 1.807) is 31.2 Å². The Bertz CT molecular complexity index is 721. The number of hydrogen-bond acceptors (Lipinski definition) is 7. The topological polar surface area (TPSA) is 118 Å². The van der Waals surface area contributed by atoms with Gasteiger partial charge < -0.3 is 19.3 Å². The van der Waals surface area contributed by atoms with Crippen LogP contribution in [0.1, 0.15) is 12.5 Å². The van der Waals surface area contributed by atoms with Gasteiger partial charge in [-0.05, 0) is 30.7 Å². The molecule has 8 nitrogen and oxygen atoms in total. The van der Waals surface area contributed by atoms with Gasteiger partial charge in [0.05, 0.1) is 20.8 Å². The summed E-state index contributed by atoms with van der Waals surface area (Å²) >= 11 is 0. The molecule has 25 heavy (non-hydrogen) atoms. The summed E-state index contributed by atoms with van der Waals surface area (Å²) in [5.41, 5.74) is 0.327. The van der Waals surface area contributed by atoms with Crippen LogP contribution in [0.15, 0.2) is 29.9 Å². The smallest absolute Gasteiger partial charge is 0.414 e. The fourth-order valence-corrected chi connectivity index (χ4v) is 1.76. The van der Waals surface area contributed by atoms with E-state index in [4.69, 9.17) is 14.7 Å². The van der Waals surface area contributed by atoms with Gasteiger partial charge in [0.25, 0.3) is 5.91 Å². The number of nitriles is 1. The minimum absolute atomic E-state index is 0.106. The summed E-state index contributed by atoms with van der Waals surface area (Å²) in [5, 5.41) is 20.8. The Morgan fingerprint density at radius 3 is 2.36 bits per heavy atom. The second kappa shape index (κ2) is 9.62. The standard InChI is InChI=1S/C17H18N2O6/c1-4-25-17(22)19-16(21)12(10-18)7-5-6-11-8-13(23-2)15(20)14(9-11)24-3/h5-9,20H,4H2,1-3H3,(H,19,21,22)/b6-5+,12-7+. The summed E-state index contributed by atoms with van der Waals surface area (Å²) in [6.07, 6.45) is 3.32. The predicted octanol–water partition coefficient (Wildman–Crippen LogP) is 2.15. The van der Waals surface area contributed by atoms with Crippen LogP contribution in [0.25, 0.3) is 6.08 Å². The molecule has 0 spiro atoms. The van der Waals surface area contributed by atoms with Crippen molar-refractivity contribution in [2.24, 2.45) is 0 Å². The van der Waals surface area contributed by atoms with Crippen LogP contribution in [-0.2, 0) is 9.53 Å². The Labute approximate surface area is 144 Å². The van der Waals surface area contributed by atoms with E-state index in [0.717, 1.165) is 0 Å². The van der Waals surface area contributed by atoms with Crippen LogP contribution >= 0.6 is 0 Å². The lowest BCUT2D eigenvalue weighted by Crippen LogP contribution is -2.31. The number of carbonyl (C=O) groups is 2. The van der Waals surface area contributed by atoms with Crippen LogP contribution in [-0.4, -0.2) is 37.9 Å². The highest BCUT2D eigenvalue weighted by molar-refractivity contribution is 6.05. The monoisotopic (exact) mass is 346 g/mol. The highest BCUT2D eigenvalue weighted by Gasteiger charge is 2.13. The van der Waals surface area contributed by atoms with Crippen LogP contribution < -0.4 is 14.8 Å². The Balaban J connectivity index is 2.96. The van der Waals surface area contributed by atoms with Gasteiger partial charge in [-0.2, -0.15) is 5.26 Å². The first-order chi connectivity index (χ1) is 12.0. The average Bonchev–Trinajstić information content (AvgIpc) is 2.59. The minimum Gasteiger partial charge on any atom is -0.502 e. The first-order valence-electron chi connectivity index (χ1n) is 7.18. The normalized spacial score (nSPS) is 10.9. The molecule has 0 saturated carbocycles. The Kier molecular flexibility index (Phi) is 7.53. The first-order valence-corrected chi connectivity index (χ1v) is 7.18. The Morgan fingerprint density at radius 1 is 1.28 bits per heavy atom. The molecule has 2 N–H and O–H groups in total. The maximum Gasteiger partial charge on any atom is 0.414 e. The maximum absolute atomic E-state index is 11.7. The summed E-state index contributed by atoms with van der Waals surface area (Å²) in [4.78, 5) is 22.9. The first kappa shape index (κ1) is 19.6. The molecule has 0 atom stereocenters. The molecule has 0 aliphatic carbocycles. The van der Waals surface area contributed by atoms with Crippen molar-refractivity contribution in [1.29, 1.82) is 5.26 Å². The van der Waals surface area contributed by atoms with E-state index >= 15 is 0 Å². The van der Waals surface area contributed by atoms with Gasteiger partial charge >= 0.3 is 6.09 Å². The van der Waals surface area contributed by atoms with Crippen molar-refractivity contribution in [3.63, 3.8) is 0 Å². The average molecular weight is 346 g/mol. The number of ether oxygens (including phenoxy) is 3. The molecule has 2 amide bonds. The highest BCUT2D eigenvalue weighted by Crippen LogP contribution is 2.37. The zero-order chi connectivity index (χ0) is 18.8. The third-order valence-corrected chi connectivity index (χ3v) is 2.91. The maximum atomic E-state index is 11.7. The highest BCUT2D eigenvalue weighted by atomic mass is 16.5. The summed E-state index contributed by atoms with van der Waals surface area (Å²) in [5.74, 6) is -0.581. The van der Waals surface area contributed by atoms with Gasteiger partial charge in [-0.15, -0.1) is 0 Å². The lowest BCUT2D eigenvalue weighted by atomic mass is 10.1. The molecule has 0 unspecified atom stereocenters. The number of benzene rings is 1. The largest absolute Gasteiger partial charge is 0.502 e. The quantitative estimate of drug-likeness (QED) is 0.460. The van der Waals surface area contributed by atoms with Crippen molar-refractivity contribution in [3.05, 3.63) is 35.4 Å². The molecule has 0 fully saturated rings. The lowest BCUT2D eigenvalue weighted by Gasteiger charge is -2.09. The number of phenolic OH excluding ortho intramolecular Hbond substituents is 1. The number of imide groups is 1. The number of nitrogens with zero attached hydrogens (tertiary/aromatic N) is 1. The number of methoxy groups -OCH3 is 2. The molecule has 1 rings (SSSR count). The predicted molar refractivity (Wildman–Crippen MR) is 89.1 cm³/mol. The molecule has 1 aromatic rings. The molecular weight excluding hydrogens is 328 g/mol. The minimum atomic E-state index is -0.925. The third-order valence-electron chi connectivity index (χ3n) is 2.91. The van der Waals surface area contributed by atoms with Gasteiger partial charge in [0, 0.05) is 0 Å². The van der Waals surface area contributed by atoms with E-state index in [1.165, 1.54) is 26.4 Å². The zero-order valence-corrected chi connectivity index (χ0v) is 14.0. The van der Waals surface area contributed by atoms with Crippen LogP contribution in [0.4, 0.5) is 4.79 Å². The lowest BCUT2D eigenvalue weighted by molar-refractivity contribution is -0.116. The number of alkyl carbamates (subject to hydrolysis) is 1. The second-order valence-electron chi connectivity index (χ2n) is 4.50. The number of phenols is 1. The molecule has 0 radical (unpaired) electrons. The van der Waals surface area contributed by atoms with Crippen molar-refractivity contribution >= 4 is 18.1 Å². The molecule has 0 aliphatic heterocycles. The van der Waals surface area contributed by atoms with Crippen LogP contribution in [0.2, 0.25) is 0 Å². The van der Waals surface area contributed by atoms with Crippen molar-refractivity contribution in [3.8, 4) is 23.3 Å². The summed E-state index contributed by atoms with van der Waals surface area (Å²) < 4.78 is 14.6. The molecule has 1 aromatic carbocycles. The number of aromatic hydroxyl groups is 1. The molecule has 0 aliphatic rings. The molecule has 0 aromatic heterocycles. The van der Waals surface area contributed by atoms with Gasteiger partial charge in [-0.1, -0.05) is 12.2 Å². The summed E-state index contributed by atoms with van der Waals surface area (Å²) in [6.45, 7) is 1.70. The number of hydrogen-bond donors (Lipinski definition) is 2. The SMILES string of the molecule is CCOC(=O)NC(=O)/C(C#N)=C/C=C/c1cc(OC)c(O)c(OC)c1. The number of carbonyl (C=O) groups excluding carboxylic acids is 2. The second-order valence-corrected chi connectivity index (χ2v) is 4.50. The summed E-state index contributed by atoms with van der Waals surface area (Å²) in [7, 11) is 2.80. The fraction of sp³-hybridized carbons (Fsp3) is 0.235. The van der Waals surface area contributed by atoms with E-state index in [1.807, 2.05) is 5.32 Å². The van der Waals surface area contributed by atoms with E-state index in [-0.39, 0.29) is 29.4 Å². The van der Waals surface area contributed by atoms with E-state index in [9.17, 15) is 14.7 Å².